The van der Waals surface area contributed by atoms with Crippen LogP contribution in [0.4, 0.5) is 5.69 Å². The van der Waals surface area contributed by atoms with E-state index >= 15 is 0 Å². The zero-order valence-corrected chi connectivity index (χ0v) is 11.2. The average Bonchev–Trinajstić information content (AvgIpc) is 2.57. The number of aryl methyl sites for hydroxylation is 2. The summed E-state index contributed by atoms with van der Waals surface area (Å²) < 4.78 is 6.06. The molecule has 1 aromatic carbocycles. The fourth-order valence-electron chi connectivity index (χ4n) is 1.72. The number of rotatable bonds is 2. The molecular formula is C13H12BrNO2. The molecule has 0 aliphatic heterocycles. The van der Waals surface area contributed by atoms with Crippen molar-refractivity contribution in [2.24, 2.45) is 0 Å². The lowest BCUT2D eigenvalue weighted by Crippen LogP contribution is -2.03. The number of ketones is 1. The normalized spacial score (nSPS) is 10.5. The first-order valence-corrected chi connectivity index (χ1v) is 5.95. The Bertz CT molecular complexity index is 587. The van der Waals surface area contributed by atoms with Gasteiger partial charge in [-0.05, 0) is 54.0 Å². The fourth-order valence-corrected chi connectivity index (χ4v) is 2.29. The predicted molar refractivity (Wildman–Crippen MR) is 70.2 cm³/mol. The van der Waals surface area contributed by atoms with Crippen LogP contribution in [0.3, 0.4) is 0 Å². The van der Waals surface area contributed by atoms with Gasteiger partial charge in [-0.15, -0.1) is 0 Å². The lowest BCUT2D eigenvalue weighted by atomic mass is 10.0. The Kier molecular flexibility index (Phi) is 3.07. The van der Waals surface area contributed by atoms with Crippen molar-refractivity contribution in [3.05, 3.63) is 51.4 Å². The molecular weight excluding hydrogens is 282 g/mol. The SMILES string of the molecule is Cc1cc(C(=O)c2ccc(N)cc2Br)c(C)o1. The molecule has 0 aliphatic carbocycles. The van der Waals surface area contributed by atoms with Crippen molar-refractivity contribution in [3.8, 4) is 0 Å². The molecule has 2 N–H and O–H groups in total. The minimum atomic E-state index is -0.0637. The van der Waals surface area contributed by atoms with Crippen LogP contribution in [0.25, 0.3) is 0 Å². The van der Waals surface area contributed by atoms with Crippen molar-refractivity contribution in [1.82, 2.24) is 0 Å². The highest BCUT2D eigenvalue weighted by Crippen LogP contribution is 2.25. The maximum absolute atomic E-state index is 12.3. The highest BCUT2D eigenvalue weighted by Gasteiger charge is 2.17. The van der Waals surface area contributed by atoms with Gasteiger partial charge in [0.1, 0.15) is 11.5 Å². The summed E-state index contributed by atoms with van der Waals surface area (Å²) in [6.45, 7) is 3.60. The van der Waals surface area contributed by atoms with E-state index in [1.54, 1.807) is 31.2 Å². The van der Waals surface area contributed by atoms with Crippen LogP contribution in [0.15, 0.2) is 33.2 Å². The van der Waals surface area contributed by atoms with Gasteiger partial charge in [0.25, 0.3) is 0 Å². The van der Waals surface area contributed by atoms with Gasteiger partial charge in [-0.3, -0.25) is 4.79 Å². The van der Waals surface area contributed by atoms with Crippen LogP contribution < -0.4 is 5.73 Å². The Morgan fingerprint density at radius 2 is 1.94 bits per heavy atom. The molecule has 0 fully saturated rings. The van der Waals surface area contributed by atoms with Gasteiger partial charge in [0.2, 0.25) is 0 Å². The number of nitrogen functional groups attached to an aromatic ring is 1. The van der Waals surface area contributed by atoms with E-state index in [4.69, 9.17) is 10.2 Å². The van der Waals surface area contributed by atoms with Gasteiger partial charge in [0, 0.05) is 15.7 Å². The molecule has 0 atom stereocenters. The van der Waals surface area contributed by atoms with E-state index in [1.807, 2.05) is 6.92 Å². The molecule has 0 aliphatic rings. The van der Waals surface area contributed by atoms with Crippen LogP contribution in [0, 0.1) is 13.8 Å². The summed E-state index contributed by atoms with van der Waals surface area (Å²) in [6.07, 6.45) is 0. The Hall–Kier alpha value is -1.55. The second kappa shape index (κ2) is 4.37. The standard InChI is InChI=1S/C13H12BrNO2/c1-7-5-11(8(2)17-7)13(16)10-4-3-9(15)6-12(10)14/h3-6H,15H2,1-2H3. The van der Waals surface area contributed by atoms with Crippen LogP contribution in [-0.2, 0) is 0 Å². The molecule has 1 aromatic heterocycles. The van der Waals surface area contributed by atoms with Gasteiger partial charge in [-0.25, -0.2) is 0 Å². The molecule has 3 nitrogen and oxygen atoms in total. The van der Waals surface area contributed by atoms with Crippen LogP contribution in [0.5, 0.6) is 0 Å². The quantitative estimate of drug-likeness (QED) is 0.681. The molecule has 0 spiro atoms. The molecule has 0 radical (unpaired) electrons. The van der Waals surface area contributed by atoms with Gasteiger partial charge in [0.15, 0.2) is 5.78 Å². The van der Waals surface area contributed by atoms with E-state index in [2.05, 4.69) is 15.9 Å². The van der Waals surface area contributed by atoms with Crippen molar-refractivity contribution >= 4 is 27.4 Å². The van der Waals surface area contributed by atoms with Gasteiger partial charge in [0.05, 0.1) is 5.56 Å². The Balaban J connectivity index is 2.47. The first-order chi connectivity index (χ1) is 7.99. The number of carbonyl (C=O) groups is 1. The maximum atomic E-state index is 12.3. The van der Waals surface area contributed by atoms with E-state index < -0.39 is 0 Å². The van der Waals surface area contributed by atoms with Gasteiger partial charge < -0.3 is 10.2 Å². The second-order valence-electron chi connectivity index (χ2n) is 3.90. The highest BCUT2D eigenvalue weighted by molar-refractivity contribution is 9.10. The number of benzene rings is 1. The third-order valence-electron chi connectivity index (χ3n) is 2.52. The summed E-state index contributed by atoms with van der Waals surface area (Å²) >= 11 is 3.34. The second-order valence-corrected chi connectivity index (χ2v) is 4.75. The van der Waals surface area contributed by atoms with Crippen LogP contribution in [0.2, 0.25) is 0 Å². The van der Waals surface area contributed by atoms with E-state index in [9.17, 15) is 4.79 Å². The summed E-state index contributed by atoms with van der Waals surface area (Å²) in [4.78, 5) is 12.3. The van der Waals surface area contributed by atoms with Gasteiger partial charge in [-0.1, -0.05) is 0 Å². The molecule has 0 saturated carbocycles. The van der Waals surface area contributed by atoms with Crippen molar-refractivity contribution in [2.75, 3.05) is 5.73 Å². The molecule has 4 heteroatoms. The van der Waals surface area contributed by atoms with Crippen molar-refractivity contribution < 1.29 is 9.21 Å². The molecule has 88 valence electrons. The number of hydrogen-bond acceptors (Lipinski definition) is 3. The Morgan fingerprint density at radius 3 is 2.47 bits per heavy atom. The summed E-state index contributed by atoms with van der Waals surface area (Å²) in [5, 5.41) is 0. The number of hydrogen-bond donors (Lipinski definition) is 1. The monoisotopic (exact) mass is 293 g/mol. The first kappa shape index (κ1) is 11.9. The maximum Gasteiger partial charge on any atom is 0.197 e. The molecule has 17 heavy (non-hydrogen) atoms. The van der Waals surface area contributed by atoms with E-state index in [1.165, 1.54) is 0 Å². The zero-order chi connectivity index (χ0) is 12.6. The zero-order valence-electron chi connectivity index (χ0n) is 9.58. The molecule has 0 unspecified atom stereocenters. The molecule has 2 aromatic rings. The number of furan rings is 1. The van der Waals surface area contributed by atoms with Crippen molar-refractivity contribution in [1.29, 1.82) is 0 Å². The van der Waals surface area contributed by atoms with Crippen LogP contribution in [-0.4, -0.2) is 5.78 Å². The molecule has 0 saturated heterocycles. The van der Waals surface area contributed by atoms with Crippen LogP contribution in [0.1, 0.15) is 27.4 Å². The first-order valence-electron chi connectivity index (χ1n) is 5.16. The Morgan fingerprint density at radius 1 is 1.24 bits per heavy atom. The van der Waals surface area contributed by atoms with E-state index in [0.717, 1.165) is 5.76 Å². The summed E-state index contributed by atoms with van der Waals surface area (Å²) in [6, 6.07) is 6.89. The lowest BCUT2D eigenvalue weighted by molar-refractivity contribution is 0.103. The number of halogens is 1. The largest absolute Gasteiger partial charge is 0.466 e. The number of nitrogens with two attached hydrogens (primary N) is 1. The Labute approximate surface area is 108 Å². The minimum absolute atomic E-state index is 0.0637. The molecule has 2 rings (SSSR count). The van der Waals surface area contributed by atoms with Crippen LogP contribution >= 0.6 is 15.9 Å². The minimum Gasteiger partial charge on any atom is -0.466 e. The predicted octanol–water partition coefficient (Wildman–Crippen LogP) is 3.47. The third-order valence-corrected chi connectivity index (χ3v) is 3.18. The fraction of sp³-hybridized carbons (Fsp3) is 0.154. The highest BCUT2D eigenvalue weighted by atomic mass is 79.9. The average molecular weight is 294 g/mol. The smallest absolute Gasteiger partial charge is 0.197 e. The van der Waals surface area contributed by atoms with Crippen molar-refractivity contribution in [3.63, 3.8) is 0 Å². The molecule has 0 amide bonds. The molecule has 0 bridgehead atoms. The summed E-state index contributed by atoms with van der Waals surface area (Å²) in [5.74, 6) is 1.31. The number of anilines is 1. The van der Waals surface area contributed by atoms with Gasteiger partial charge >= 0.3 is 0 Å². The topological polar surface area (TPSA) is 56.2 Å². The van der Waals surface area contributed by atoms with E-state index in [0.29, 0.717) is 27.0 Å². The lowest BCUT2D eigenvalue weighted by Gasteiger charge is -2.03. The summed E-state index contributed by atoms with van der Waals surface area (Å²) in [7, 11) is 0. The van der Waals surface area contributed by atoms with Gasteiger partial charge in [-0.2, -0.15) is 0 Å². The van der Waals surface area contributed by atoms with Crippen molar-refractivity contribution in [2.45, 2.75) is 13.8 Å². The van der Waals surface area contributed by atoms with E-state index in [-0.39, 0.29) is 5.78 Å². The number of carbonyl (C=O) groups excluding carboxylic acids is 1. The molecule has 1 heterocycles. The summed E-state index contributed by atoms with van der Waals surface area (Å²) in [5.41, 5.74) is 7.44. The third kappa shape index (κ3) is 2.26.